The zero-order valence-corrected chi connectivity index (χ0v) is 19.3. The SMILES string of the molecule is CC(C)C(C(C)C)C(C)C.CC(C)c1ccc(C(C)C)c(C(C)C)c1. The maximum atomic E-state index is 2.39. The monoisotopic (exact) mass is 346 g/mol. The molecule has 0 saturated carbocycles. The fourth-order valence-electron chi connectivity index (χ4n) is 4.29. The summed E-state index contributed by atoms with van der Waals surface area (Å²) in [4.78, 5) is 0. The third kappa shape index (κ3) is 7.97. The van der Waals surface area contributed by atoms with Crippen molar-refractivity contribution in [1.29, 1.82) is 0 Å². The molecule has 0 radical (unpaired) electrons. The van der Waals surface area contributed by atoms with E-state index in [1.54, 1.807) is 0 Å². The first-order valence-corrected chi connectivity index (χ1v) is 10.5. The zero-order chi connectivity index (χ0) is 19.9. The van der Waals surface area contributed by atoms with Gasteiger partial charge in [0.15, 0.2) is 0 Å². The van der Waals surface area contributed by atoms with Crippen molar-refractivity contribution in [3.8, 4) is 0 Å². The summed E-state index contributed by atoms with van der Waals surface area (Å²) in [5.74, 6) is 5.27. The normalized spacial score (nSPS) is 12.1. The lowest BCUT2D eigenvalue weighted by Crippen LogP contribution is -2.21. The van der Waals surface area contributed by atoms with Crippen LogP contribution in [0.2, 0.25) is 0 Å². The smallest absolute Gasteiger partial charge is 0.0216 e. The number of rotatable bonds is 6. The predicted octanol–water partition coefficient (Wildman–Crippen LogP) is 8.63. The molecule has 0 nitrogen and oxygen atoms in total. The van der Waals surface area contributed by atoms with Crippen LogP contribution >= 0.6 is 0 Å². The van der Waals surface area contributed by atoms with Gasteiger partial charge in [-0.25, -0.2) is 0 Å². The van der Waals surface area contributed by atoms with Gasteiger partial charge in [0.2, 0.25) is 0 Å². The molecule has 0 atom stereocenters. The van der Waals surface area contributed by atoms with E-state index in [1.165, 1.54) is 16.7 Å². The van der Waals surface area contributed by atoms with Gasteiger partial charge in [0.05, 0.1) is 0 Å². The first-order valence-electron chi connectivity index (χ1n) is 10.5. The fourth-order valence-corrected chi connectivity index (χ4v) is 4.29. The topological polar surface area (TPSA) is 0 Å². The first kappa shape index (κ1) is 24.2. The van der Waals surface area contributed by atoms with Crippen LogP contribution in [0.4, 0.5) is 0 Å². The molecule has 0 bridgehead atoms. The molecule has 0 aliphatic rings. The van der Waals surface area contributed by atoms with Gasteiger partial charge in [-0.2, -0.15) is 0 Å². The minimum atomic E-state index is 0.626. The van der Waals surface area contributed by atoms with E-state index in [9.17, 15) is 0 Å². The van der Waals surface area contributed by atoms with Gasteiger partial charge < -0.3 is 0 Å². The summed E-state index contributed by atoms with van der Waals surface area (Å²) in [5, 5.41) is 0. The molecule has 0 unspecified atom stereocenters. The standard InChI is InChI=1S/C15H24.C10H22/c1-10(2)13-7-8-14(11(3)4)15(9-13)12(5)6;1-7(2)10(8(3)4)9(5)6/h7-12H,1-6H3;7-10H,1-6H3. The second kappa shape index (κ2) is 11.0. The first-order chi connectivity index (χ1) is 11.4. The van der Waals surface area contributed by atoms with E-state index in [1.807, 2.05) is 0 Å². The summed E-state index contributed by atoms with van der Waals surface area (Å²) in [6, 6.07) is 6.99. The Bertz CT molecular complexity index is 456. The second-order valence-corrected chi connectivity index (χ2v) is 9.66. The van der Waals surface area contributed by atoms with Crippen LogP contribution in [0.5, 0.6) is 0 Å². The molecule has 0 aromatic heterocycles. The molecule has 1 aromatic rings. The van der Waals surface area contributed by atoms with E-state index < -0.39 is 0 Å². The van der Waals surface area contributed by atoms with Gasteiger partial charge in [0.1, 0.15) is 0 Å². The highest BCUT2D eigenvalue weighted by molar-refractivity contribution is 5.37. The van der Waals surface area contributed by atoms with Crippen molar-refractivity contribution in [3.63, 3.8) is 0 Å². The molecule has 0 spiro atoms. The molecular formula is C25H46. The average molecular weight is 347 g/mol. The lowest BCUT2D eigenvalue weighted by molar-refractivity contribution is 0.212. The van der Waals surface area contributed by atoms with Crippen LogP contribution in [0.15, 0.2) is 18.2 Å². The Morgan fingerprint density at radius 3 is 1.12 bits per heavy atom. The summed E-state index contributed by atoms with van der Waals surface area (Å²) < 4.78 is 0. The summed E-state index contributed by atoms with van der Waals surface area (Å²) in [6.45, 7) is 27.6. The highest BCUT2D eigenvalue weighted by Crippen LogP contribution is 2.29. The van der Waals surface area contributed by atoms with Crippen LogP contribution in [-0.2, 0) is 0 Å². The van der Waals surface area contributed by atoms with Crippen molar-refractivity contribution < 1.29 is 0 Å². The third-order valence-electron chi connectivity index (χ3n) is 5.33. The van der Waals surface area contributed by atoms with Gasteiger partial charge in [-0.1, -0.05) is 101 Å². The molecule has 0 saturated heterocycles. The predicted molar refractivity (Wildman–Crippen MR) is 117 cm³/mol. The van der Waals surface area contributed by atoms with E-state index in [2.05, 4.69) is 101 Å². The van der Waals surface area contributed by atoms with Gasteiger partial charge in [-0.3, -0.25) is 0 Å². The van der Waals surface area contributed by atoms with Crippen LogP contribution in [0.1, 0.15) is 118 Å². The molecule has 0 N–H and O–H groups in total. The minimum Gasteiger partial charge on any atom is -0.0625 e. The Kier molecular flexibility index (Phi) is 10.7. The van der Waals surface area contributed by atoms with Crippen LogP contribution < -0.4 is 0 Å². The van der Waals surface area contributed by atoms with E-state index in [-0.39, 0.29) is 0 Å². The van der Waals surface area contributed by atoms with E-state index >= 15 is 0 Å². The van der Waals surface area contributed by atoms with Crippen molar-refractivity contribution >= 4 is 0 Å². The van der Waals surface area contributed by atoms with Crippen molar-refractivity contribution in [3.05, 3.63) is 34.9 Å². The highest BCUT2D eigenvalue weighted by atomic mass is 14.3. The Balaban J connectivity index is 0.000000504. The summed E-state index contributed by atoms with van der Waals surface area (Å²) in [5.41, 5.74) is 4.49. The molecule has 1 rings (SSSR count). The average Bonchev–Trinajstić information content (AvgIpc) is 2.45. The van der Waals surface area contributed by atoms with E-state index in [0.717, 1.165) is 23.7 Å². The van der Waals surface area contributed by atoms with Gasteiger partial charge >= 0.3 is 0 Å². The number of hydrogen-bond acceptors (Lipinski definition) is 0. The number of benzene rings is 1. The van der Waals surface area contributed by atoms with Crippen LogP contribution in [0.25, 0.3) is 0 Å². The zero-order valence-electron chi connectivity index (χ0n) is 19.3. The van der Waals surface area contributed by atoms with Crippen molar-refractivity contribution in [2.75, 3.05) is 0 Å². The molecule has 0 heteroatoms. The highest BCUT2D eigenvalue weighted by Gasteiger charge is 2.20. The Morgan fingerprint density at radius 2 is 0.880 bits per heavy atom. The quantitative estimate of drug-likeness (QED) is 0.483. The Labute approximate surface area is 159 Å². The van der Waals surface area contributed by atoms with Crippen molar-refractivity contribution in [1.82, 2.24) is 0 Å². The van der Waals surface area contributed by atoms with E-state index in [4.69, 9.17) is 0 Å². The van der Waals surface area contributed by atoms with Gasteiger partial charge in [0.25, 0.3) is 0 Å². The second-order valence-electron chi connectivity index (χ2n) is 9.66. The number of hydrogen-bond donors (Lipinski definition) is 0. The lowest BCUT2D eigenvalue weighted by atomic mass is 9.78. The maximum absolute atomic E-state index is 2.39. The molecule has 0 heterocycles. The summed E-state index contributed by atoms with van der Waals surface area (Å²) >= 11 is 0. The molecule has 25 heavy (non-hydrogen) atoms. The Hall–Kier alpha value is -0.780. The van der Waals surface area contributed by atoms with Crippen LogP contribution in [-0.4, -0.2) is 0 Å². The summed E-state index contributed by atoms with van der Waals surface area (Å²) in [6.07, 6.45) is 0. The third-order valence-corrected chi connectivity index (χ3v) is 5.33. The molecule has 0 fully saturated rings. The molecule has 0 aliphatic carbocycles. The maximum Gasteiger partial charge on any atom is -0.0216 e. The summed E-state index contributed by atoms with van der Waals surface area (Å²) in [7, 11) is 0. The van der Waals surface area contributed by atoms with Gasteiger partial charge in [0, 0.05) is 0 Å². The van der Waals surface area contributed by atoms with Crippen molar-refractivity contribution in [2.24, 2.45) is 23.7 Å². The molecule has 146 valence electrons. The molecule has 1 aromatic carbocycles. The molecular weight excluding hydrogens is 300 g/mol. The minimum absolute atomic E-state index is 0.626. The Morgan fingerprint density at radius 1 is 0.480 bits per heavy atom. The lowest BCUT2D eigenvalue weighted by Gasteiger charge is -2.28. The molecule has 0 amide bonds. The molecule has 0 aliphatic heterocycles. The van der Waals surface area contributed by atoms with Crippen molar-refractivity contribution in [2.45, 2.75) is 101 Å². The van der Waals surface area contributed by atoms with E-state index in [0.29, 0.717) is 17.8 Å². The van der Waals surface area contributed by atoms with Crippen LogP contribution in [0.3, 0.4) is 0 Å². The van der Waals surface area contributed by atoms with Gasteiger partial charge in [-0.05, 0) is 58.1 Å². The fraction of sp³-hybridized carbons (Fsp3) is 0.760. The van der Waals surface area contributed by atoms with Crippen LogP contribution in [0, 0.1) is 23.7 Å². The largest absolute Gasteiger partial charge is 0.0625 e. The van der Waals surface area contributed by atoms with Gasteiger partial charge in [-0.15, -0.1) is 0 Å².